The molecule has 2 aromatic rings. The minimum absolute atomic E-state index is 0.272. The van der Waals surface area contributed by atoms with Gasteiger partial charge in [-0.1, -0.05) is 18.2 Å². The Balaban J connectivity index is 1.70. The van der Waals surface area contributed by atoms with Gasteiger partial charge in [-0.25, -0.2) is 9.97 Å². The van der Waals surface area contributed by atoms with Crippen molar-refractivity contribution in [1.82, 2.24) is 14.9 Å². The Morgan fingerprint density at radius 1 is 1.09 bits per heavy atom. The van der Waals surface area contributed by atoms with Crippen LogP contribution in [0.2, 0.25) is 0 Å². The molecular formula is C16H17N5O2. The fourth-order valence-corrected chi connectivity index (χ4v) is 2.42. The Morgan fingerprint density at radius 2 is 1.83 bits per heavy atom. The van der Waals surface area contributed by atoms with E-state index in [9.17, 15) is 9.59 Å². The van der Waals surface area contributed by atoms with E-state index in [1.807, 2.05) is 35.2 Å². The second-order valence-electron chi connectivity index (χ2n) is 5.21. The lowest BCUT2D eigenvalue weighted by molar-refractivity contribution is -0.118. The minimum Gasteiger partial charge on any atom is -0.353 e. The van der Waals surface area contributed by atoms with E-state index in [1.54, 1.807) is 11.0 Å². The molecular weight excluding hydrogens is 294 g/mol. The molecule has 0 aliphatic carbocycles. The molecule has 1 fully saturated rings. The summed E-state index contributed by atoms with van der Waals surface area (Å²) in [5.41, 5.74) is 1.04. The Labute approximate surface area is 134 Å². The lowest BCUT2D eigenvalue weighted by atomic mass is 10.3. The number of para-hydroxylation sites is 1. The zero-order valence-corrected chi connectivity index (χ0v) is 12.6. The average Bonchev–Trinajstić information content (AvgIpc) is 2.63. The van der Waals surface area contributed by atoms with Crippen molar-refractivity contribution in [2.75, 3.05) is 36.4 Å². The van der Waals surface area contributed by atoms with Gasteiger partial charge in [-0.15, -0.1) is 0 Å². The highest BCUT2D eigenvalue weighted by atomic mass is 16.2. The Morgan fingerprint density at radius 3 is 2.52 bits per heavy atom. The number of carbonyl (C=O) groups excluding carboxylic acids is 2. The SMILES string of the molecule is O=CN1CCN(c2cc(C(=O)Nc3ccccc3)ncn2)CC1. The first-order valence-corrected chi connectivity index (χ1v) is 7.39. The van der Waals surface area contributed by atoms with Gasteiger partial charge >= 0.3 is 0 Å². The molecule has 2 amide bonds. The van der Waals surface area contributed by atoms with Crippen molar-refractivity contribution in [3.63, 3.8) is 0 Å². The van der Waals surface area contributed by atoms with Gasteiger partial charge in [-0.2, -0.15) is 0 Å². The highest BCUT2D eigenvalue weighted by Gasteiger charge is 2.18. The van der Waals surface area contributed by atoms with Crippen molar-refractivity contribution in [2.24, 2.45) is 0 Å². The third-order valence-electron chi connectivity index (χ3n) is 3.70. The molecule has 0 unspecified atom stereocenters. The van der Waals surface area contributed by atoms with Crippen LogP contribution in [0.4, 0.5) is 11.5 Å². The van der Waals surface area contributed by atoms with E-state index in [0.717, 1.165) is 12.1 Å². The van der Waals surface area contributed by atoms with Gasteiger partial charge in [0.1, 0.15) is 17.8 Å². The van der Waals surface area contributed by atoms with Gasteiger partial charge < -0.3 is 15.1 Å². The highest BCUT2D eigenvalue weighted by molar-refractivity contribution is 6.03. The van der Waals surface area contributed by atoms with E-state index < -0.39 is 0 Å². The molecule has 1 aliphatic rings. The molecule has 1 aromatic carbocycles. The maximum absolute atomic E-state index is 12.3. The predicted molar refractivity (Wildman–Crippen MR) is 86.3 cm³/mol. The summed E-state index contributed by atoms with van der Waals surface area (Å²) in [6, 6.07) is 10.9. The summed E-state index contributed by atoms with van der Waals surface area (Å²) < 4.78 is 0. The Hall–Kier alpha value is -2.96. The van der Waals surface area contributed by atoms with E-state index in [4.69, 9.17) is 0 Å². The number of hydrogen-bond acceptors (Lipinski definition) is 5. The Kier molecular flexibility index (Phi) is 4.46. The Bertz CT molecular complexity index is 684. The maximum Gasteiger partial charge on any atom is 0.274 e. The number of nitrogens with zero attached hydrogens (tertiary/aromatic N) is 4. The van der Waals surface area contributed by atoms with Crippen molar-refractivity contribution in [1.29, 1.82) is 0 Å². The summed E-state index contributed by atoms with van der Waals surface area (Å²) in [6.07, 6.45) is 2.25. The monoisotopic (exact) mass is 311 g/mol. The fraction of sp³-hybridized carbons (Fsp3) is 0.250. The molecule has 2 heterocycles. The van der Waals surface area contributed by atoms with Crippen molar-refractivity contribution < 1.29 is 9.59 Å². The number of benzene rings is 1. The first-order chi connectivity index (χ1) is 11.3. The van der Waals surface area contributed by atoms with Crippen LogP contribution in [0.3, 0.4) is 0 Å². The van der Waals surface area contributed by atoms with E-state index in [1.165, 1.54) is 6.33 Å². The molecule has 0 radical (unpaired) electrons. The molecule has 0 bridgehead atoms. The van der Waals surface area contributed by atoms with Gasteiger partial charge in [0.15, 0.2) is 0 Å². The summed E-state index contributed by atoms with van der Waals surface area (Å²) in [7, 11) is 0. The molecule has 118 valence electrons. The number of rotatable bonds is 4. The molecule has 1 aromatic heterocycles. The number of nitrogens with one attached hydrogen (secondary N) is 1. The fourth-order valence-electron chi connectivity index (χ4n) is 2.42. The quantitative estimate of drug-likeness (QED) is 0.853. The second kappa shape index (κ2) is 6.87. The molecule has 1 aliphatic heterocycles. The van der Waals surface area contributed by atoms with Gasteiger partial charge in [0.2, 0.25) is 6.41 Å². The predicted octanol–water partition coefficient (Wildman–Crippen LogP) is 1.01. The van der Waals surface area contributed by atoms with E-state index in [2.05, 4.69) is 15.3 Å². The van der Waals surface area contributed by atoms with Crippen LogP contribution in [0.25, 0.3) is 0 Å². The van der Waals surface area contributed by atoms with Crippen molar-refractivity contribution in [3.8, 4) is 0 Å². The lowest BCUT2D eigenvalue weighted by Gasteiger charge is -2.33. The molecule has 7 heteroatoms. The zero-order valence-electron chi connectivity index (χ0n) is 12.6. The summed E-state index contributed by atoms with van der Waals surface area (Å²) >= 11 is 0. The summed E-state index contributed by atoms with van der Waals surface area (Å²) in [5.74, 6) is 0.426. The van der Waals surface area contributed by atoms with Gasteiger partial charge in [0, 0.05) is 37.9 Å². The topological polar surface area (TPSA) is 78.4 Å². The van der Waals surface area contributed by atoms with Gasteiger partial charge in [-0.05, 0) is 12.1 Å². The number of piperazine rings is 1. The number of amides is 2. The molecule has 23 heavy (non-hydrogen) atoms. The van der Waals surface area contributed by atoms with Gasteiger partial charge in [0.05, 0.1) is 0 Å². The third-order valence-corrected chi connectivity index (χ3v) is 3.70. The average molecular weight is 311 g/mol. The van der Waals surface area contributed by atoms with Crippen LogP contribution >= 0.6 is 0 Å². The largest absolute Gasteiger partial charge is 0.353 e. The standard InChI is InChI=1S/C16H17N5O2/c22-12-20-6-8-21(9-7-20)15-10-14(17-11-18-15)16(23)19-13-4-2-1-3-5-13/h1-5,10-12H,6-9H2,(H,19,23). The van der Waals surface area contributed by atoms with Crippen molar-refractivity contribution in [2.45, 2.75) is 0 Å². The van der Waals surface area contributed by atoms with E-state index in [-0.39, 0.29) is 5.91 Å². The summed E-state index contributed by atoms with van der Waals surface area (Å²) in [5, 5.41) is 2.80. The molecule has 0 atom stereocenters. The summed E-state index contributed by atoms with van der Waals surface area (Å²) in [6.45, 7) is 2.68. The first-order valence-electron chi connectivity index (χ1n) is 7.39. The van der Waals surface area contributed by atoms with Crippen LogP contribution in [0.1, 0.15) is 10.5 Å². The first kappa shape index (κ1) is 15.0. The normalized spacial score (nSPS) is 14.4. The van der Waals surface area contributed by atoms with Gasteiger partial charge in [-0.3, -0.25) is 9.59 Å². The van der Waals surface area contributed by atoms with Crippen LogP contribution < -0.4 is 10.2 Å². The molecule has 0 saturated carbocycles. The number of carbonyl (C=O) groups is 2. The van der Waals surface area contributed by atoms with Crippen LogP contribution in [-0.4, -0.2) is 53.4 Å². The highest BCUT2D eigenvalue weighted by Crippen LogP contribution is 2.14. The minimum atomic E-state index is -0.272. The van der Waals surface area contributed by atoms with Crippen LogP contribution in [-0.2, 0) is 4.79 Å². The molecule has 1 saturated heterocycles. The number of anilines is 2. The zero-order chi connectivity index (χ0) is 16.1. The molecule has 7 nitrogen and oxygen atoms in total. The second-order valence-corrected chi connectivity index (χ2v) is 5.21. The van der Waals surface area contributed by atoms with Crippen LogP contribution in [0.5, 0.6) is 0 Å². The number of aromatic nitrogens is 2. The van der Waals surface area contributed by atoms with Crippen molar-refractivity contribution in [3.05, 3.63) is 48.4 Å². The third kappa shape index (κ3) is 3.63. The van der Waals surface area contributed by atoms with Crippen molar-refractivity contribution >= 4 is 23.8 Å². The van der Waals surface area contributed by atoms with E-state index >= 15 is 0 Å². The molecule has 0 spiro atoms. The summed E-state index contributed by atoms with van der Waals surface area (Å²) in [4.78, 5) is 35.1. The lowest BCUT2D eigenvalue weighted by Crippen LogP contribution is -2.46. The van der Waals surface area contributed by atoms with Gasteiger partial charge in [0.25, 0.3) is 5.91 Å². The molecule has 1 N–H and O–H groups in total. The molecule has 3 rings (SSSR count). The number of hydrogen-bond donors (Lipinski definition) is 1. The smallest absolute Gasteiger partial charge is 0.274 e. The maximum atomic E-state index is 12.3. The van der Waals surface area contributed by atoms with Crippen LogP contribution in [0.15, 0.2) is 42.7 Å². The van der Waals surface area contributed by atoms with Crippen LogP contribution in [0, 0.1) is 0 Å². The van der Waals surface area contributed by atoms with E-state index in [0.29, 0.717) is 37.7 Å².